The first-order valence-corrected chi connectivity index (χ1v) is 9.51. The zero-order valence-electron chi connectivity index (χ0n) is 16.4. The summed E-state index contributed by atoms with van der Waals surface area (Å²) in [4.78, 5) is 38.2. The van der Waals surface area contributed by atoms with Crippen molar-refractivity contribution in [1.29, 1.82) is 0 Å². The number of amides is 1. The van der Waals surface area contributed by atoms with E-state index in [-0.39, 0.29) is 23.0 Å². The molecule has 0 saturated carbocycles. The van der Waals surface area contributed by atoms with Crippen molar-refractivity contribution in [2.75, 3.05) is 31.1 Å². The Bertz CT molecular complexity index is 1210. The highest BCUT2D eigenvalue weighted by Gasteiger charge is 2.22. The van der Waals surface area contributed by atoms with Crippen molar-refractivity contribution in [3.63, 3.8) is 0 Å². The van der Waals surface area contributed by atoms with Crippen LogP contribution in [-0.4, -0.2) is 51.6 Å². The summed E-state index contributed by atoms with van der Waals surface area (Å²) in [7, 11) is 0. The average molecular weight is 407 g/mol. The van der Waals surface area contributed by atoms with Crippen LogP contribution in [-0.2, 0) is 6.54 Å². The van der Waals surface area contributed by atoms with Gasteiger partial charge in [0.05, 0.1) is 12.1 Å². The molecule has 1 fully saturated rings. The quantitative estimate of drug-likeness (QED) is 0.523. The zero-order chi connectivity index (χ0) is 21.1. The predicted molar refractivity (Wildman–Crippen MR) is 112 cm³/mol. The van der Waals surface area contributed by atoms with Crippen LogP contribution in [0.5, 0.6) is 11.8 Å². The van der Waals surface area contributed by atoms with Gasteiger partial charge in [-0.2, -0.15) is 9.97 Å². The molecule has 30 heavy (non-hydrogen) atoms. The second kappa shape index (κ2) is 8.26. The maximum Gasteiger partial charge on any atom is 0.304 e. The average Bonchev–Trinajstić information content (AvgIpc) is 3.12. The first-order valence-electron chi connectivity index (χ1n) is 9.51. The molecule has 0 atom stereocenters. The fourth-order valence-corrected chi connectivity index (χ4v) is 3.34. The van der Waals surface area contributed by atoms with Crippen LogP contribution >= 0.6 is 0 Å². The van der Waals surface area contributed by atoms with Crippen molar-refractivity contribution in [3.8, 4) is 23.6 Å². The number of ether oxygens (including phenoxy) is 1. The number of hydrogen-bond donors (Lipinski definition) is 3. The number of para-hydroxylation sites is 1. The summed E-state index contributed by atoms with van der Waals surface area (Å²) < 4.78 is 7.44. The third-order valence-corrected chi connectivity index (χ3v) is 4.74. The number of carbonyl (C=O) groups is 1. The lowest BCUT2D eigenvalue weighted by atomic mass is 10.2. The summed E-state index contributed by atoms with van der Waals surface area (Å²) in [6.45, 7) is 5.23. The standard InChI is InChI=1S/C20H21N7O3/c1-2-3-10-27-15-17(24-20(27)26-11-8-22-9-12-26)23-19(25-18(15)29)30-14-7-5-4-6-13(14)16(21)28/h4-7,22H,8-12H2,1H3,(H2,21,28)(H,23,25,29). The van der Waals surface area contributed by atoms with Gasteiger partial charge in [-0.15, -0.1) is 5.92 Å². The molecule has 1 aliphatic rings. The summed E-state index contributed by atoms with van der Waals surface area (Å²) in [5.74, 6) is 6.04. The van der Waals surface area contributed by atoms with Crippen LogP contribution < -0.4 is 26.2 Å². The number of aromatic nitrogens is 4. The predicted octanol–water partition coefficient (Wildman–Crippen LogP) is 0.444. The molecule has 10 heteroatoms. The lowest BCUT2D eigenvalue weighted by molar-refractivity contribution is 0.0998. The Labute approximate surface area is 172 Å². The number of primary amides is 1. The number of piperazine rings is 1. The van der Waals surface area contributed by atoms with Gasteiger partial charge in [0, 0.05) is 26.2 Å². The van der Waals surface area contributed by atoms with Crippen molar-refractivity contribution in [2.24, 2.45) is 5.73 Å². The molecule has 0 radical (unpaired) electrons. The molecule has 1 aliphatic heterocycles. The highest BCUT2D eigenvalue weighted by atomic mass is 16.5. The topological polar surface area (TPSA) is 131 Å². The van der Waals surface area contributed by atoms with Gasteiger partial charge in [-0.25, -0.2) is 0 Å². The molecule has 1 aromatic carbocycles. The van der Waals surface area contributed by atoms with E-state index in [9.17, 15) is 9.59 Å². The number of rotatable bonds is 5. The van der Waals surface area contributed by atoms with Crippen LogP contribution in [0.3, 0.4) is 0 Å². The minimum atomic E-state index is -0.641. The third kappa shape index (κ3) is 3.70. The van der Waals surface area contributed by atoms with Crippen molar-refractivity contribution in [3.05, 3.63) is 40.2 Å². The molecule has 0 unspecified atom stereocenters. The van der Waals surface area contributed by atoms with Crippen LogP contribution in [0, 0.1) is 11.8 Å². The summed E-state index contributed by atoms with van der Waals surface area (Å²) in [5.41, 5.74) is 5.74. The number of anilines is 1. The molecule has 0 bridgehead atoms. The number of fused-ring (bicyclic) bond motifs is 1. The second-order valence-electron chi connectivity index (χ2n) is 6.67. The van der Waals surface area contributed by atoms with Crippen LogP contribution in [0.2, 0.25) is 0 Å². The van der Waals surface area contributed by atoms with Gasteiger partial charge in [0.15, 0.2) is 11.2 Å². The molecule has 0 spiro atoms. The van der Waals surface area contributed by atoms with Gasteiger partial charge in [0.1, 0.15) is 5.75 Å². The van der Waals surface area contributed by atoms with Crippen molar-refractivity contribution in [2.45, 2.75) is 13.5 Å². The summed E-state index contributed by atoms with van der Waals surface area (Å²) >= 11 is 0. The van der Waals surface area contributed by atoms with Crippen LogP contribution in [0.25, 0.3) is 11.2 Å². The molecule has 0 aliphatic carbocycles. The van der Waals surface area contributed by atoms with Crippen molar-refractivity contribution >= 4 is 23.0 Å². The largest absolute Gasteiger partial charge is 0.425 e. The number of nitrogens with two attached hydrogens (primary N) is 1. The highest BCUT2D eigenvalue weighted by Crippen LogP contribution is 2.24. The molecule has 4 rings (SSSR count). The van der Waals surface area contributed by atoms with Crippen LogP contribution in [0.4, 0.5) is 5.95 Å². The van der Waals surface area contributed by atoms with Crippen molar-refractivity contribution in [1.82, 2.24) is 24.8 Å². The first kappa shape index (κ1) is 19.5. The maximum absolute atomic E-state index is 12.9. The normalized spacial score (nSPS) is 13.7. The summed E-state index contributed by atoms with van der Waals surface area (Å²) in [6, 6.07) is 6.40. The van der Waals surface area contributed by atoms with E-state index in [1.807, 2.05) is 0 Å². The monoisotopic (exact) mass is 407 g/mol. The molecule has 1 amide bonds. The van der Waals surface area contributed by atoms with E-state index in [0.717, 1.165) is 26.2 Å². The van der Waals surface area contributed by atoms with E-state index >= 15 is 0 Å². The van der Waals surface area contributed by atoms with Crippen LogP contribution in [0.15, 0.2) is 29.1 Å². The fraction of sp³-hybridized carbons (Fsp3) is 0.300. The molecule has 2 aromatic heterocycles. The number of nitrogens with zero attached hydrogens (tertiary/aromatic N) is 4. The molecular weight excluding hydrogens is 386 g/mol. The Balaban J connectivity index is 1.79. The Kier molecular flexibility index (Phi) is 5.36. The SMILES string of the molecule is CC#CCn1c(N2CCNCC2)nc2nc(Oc3ccccc3C(N)=O)[nH]c(=O)c21. The van der Waals surface area contributed by atoms with Gasteiger partial charge in [0.2, 0.25) is 5.95 Å². The Morgan fingerprint density at radius 1 is 1.27 bits per heavy atom. The summed E-state index contributed by atoms with van der Waals surface area (Å²) in [5, 5.41) is 3.30. The second-order valence-corrected chi connectivity index (χ2v) is 6.67. The Morgan fingerprint density at radius 3 is 2.77 bits per heavy atom. The Morgan fingerprint density at radius 2 is 2.03 bits per heavy atom. The van der Waals surface area contributed by atoms with Crippen molar-refractivity contribution < 1.29 is 9.53 Å². The van der Waals surface area contributed by atoms with Gasteiger partial charge in [-0.05, 0) is 19.1 Å². The van der Waals surface area contributed by atoms with Gasteiger partial charge in [0.25, 0.3) is 11.5 Å². The molecule has 154 valence electrons. The molecular formula is C20H21N7O3. The lowest BCUT2D eigenvalue weighted by Crippen LogP contribution is -2.44. The van der Waals surface area contributed by atoms with Gasteiger partial charge < -0.3 is 20.7 Å². The maximum atomic E-state index is 12.9. The molecule has 4 N–H and O–H groups in total. The van der Waals surface area contributed by atoms with Crippen LogP contribution in [0.1, 0.15) is 17.3 Å². The smallest absolute Gasteiger partial charge is 0.304 e. The minimum absolute atomic E-state index is 0.0701. The van der Waals surface area contributed by atoms with E-state index in [1.54, 1.807) is 29.7 Å². The summed E-state index contributed by atoms with van der Waals surface area (Å²) in [6.07, 6.45) is 0. The number of hydrogen-bond acceptors (Lipinski definition) is 7. The number of benzene rings is 1. The first-order chi connectivity index (χ1) is 14.6. The van der Waals surface area contributed by atoms with E-state index in [4.69, 9.17) is 10.5 Å². The number of H-pyrrole nitrogens is 1. The minimum Gasteiger partial charge on any atom is -0.425 e. The third-order valence-electron chi connectivity index (χ3n) is 4.74. The molecule has 3 heterocycles. The van der Waals surface area contributed by atoms with Gasteiger partial charge in [-0.3, -0.25) is 19.1 Å². The molecule has 3 aromatic rings. The fourth-order valence-electron chi connectivity index (χ4n) is 3.34. The van der Waals surface area contributed by atoms with E-state index in [1.165, 1.54) is 6.07 Å². The number of nitrogens with one attached hydrogen (secondary N) is 2. The molecule has 1 saturated heterocycles. The lowest BCUT2D eigenvalue weighted by Gasteiger charge is -2.28. The van der Waals surface area contributed by atoms with Gasteiger partial charge in [-0.1, -0.05) is 18.1 Å². The Hall–Kier alpha value is -3.84. The number of carbonyl (C=O) groups excluding carboxylic acids is 1. The van der Waals surface area contributed by atoms with E-state index in [2.05, 4.69) is 37.0 Å². The van der Waals surface area contributed by atoms with E-state index < -0.39 is 11.5 Å². The van der Waals surface area contributed by atoms with Gasteiger partial charge >= 0.3 is 6.01 Å². The number of aromatic amines is 1. The highest BCUT2D eigenvalue weighted by molar-refractivity contribution is 5.95. The van der Waals surface area contributed by atoms with E-state index in [0.29, 0.717) is 18.0 Å². The zero-order valence-corrected chi connectivity index (χ0v) is 16.4. The number of imidazole rings is 1. The molecule has 10 nitrogen and oxygen atoms in total.